The van der Waals surface area contributed by atoms with E-state index in [4.69, 9.17) is 17.3 Å². The van der Waals surface area contributed by atoms with Crippen molar-refractivity contribution in [2.24, 2.45) is 11.7 Å². The van der Waals surface area contributed by atoms with Crippen LogP contribution in [0.2, 0.25) is 5.02 Å². The topological polar surface area (TPSA) is 60.0 Å². The number of halogens is 3. The number of nitrogens with one attached hydrogen (secondary N) is 1. The van der Waals surface area contributed by atoms with Crippen LogP contribution < -0.4 is 11.1 Å². The van der Waals surface area contributed by atoms with Gasteiger partial charge >= 0.3 is 0 Å². The van der Waals surface area contributed by atoms with Gasteiger partial charge in [0.25, 0.3) is 5.91 Å². The second-order valence-electron chi connectivity index (χ2n) is 6.67. The van der Waals surface area contributed by atoms with E-state index in [1.54, 1.807) is 12.3 Å². The van der Waals surface area contributed by atoms with Crippen molar-refractivity contribution in [1.82, 2.24) is 9.88 Å². The zero-order chi connectivity index (χ0) is 18.0. The highest BCUT2D eigenvalue weighted by Crippen LogP contribution is 2.36. The van der Waals surface area contributed by atoms with Gasteiger partial charge in [0, 0.05) is 44.1 Å². The van der Waals surface area contributed by atoms with Gasteiger partial charge in [-0.2, -0.15) is 0 Å². The Morgan fingerprint density at radius 1 is 1.36 bits per heavy atom. The normalized spacial score (nSPS) is 17.8. The molecule has 0 spiro atoms. The lowest BCUT2D eigenvalue weighted by molar-refractivity contribution is -0.0452. The van der Waals surface area contributed by atoms with Gasteiger partial charge in [-0.1, -0.05) is 17.7 Å². The average molecular weight is 370 g/mol. The first-order valence-corrected chi connectivity index (χ1v) is 8.92. The Labute approximate surface area is 150 Å². The van der Waals surface area contributed by atoms with Crippen LogP contribution in [0.4, 0.5) is 8.78 Å². The van der Waals surface area contributed by atoms with Crippen LogP contribution in [0.25, 0.3) is 10.9 Å². The standard InChI is InChI=1S/C18H22ClF2N3O/c19-14-2-1-3-15-16(14)13(11-24(15)9-8-22)17(25)23-10-12-4-6-18(20,21)7-5-12/h1-3,11-12H,4-10,22H2,(H,23,25). The molecule has 1 heterocycles. The van der Waals surface area contributed by atoms with Crippen LogP contribution in [-0.2, 0) is 6.54 Å². The number of carbonyl (C=O) groups is 1. The summed E-state index contributed by atoms with van der Waals surface area (Å²) in [5, 5.41) is 4.09. The van der Waals surface area contributed by atoms with E-state index in [1.807, 2.05) is 16.7 Å². The van der Waals surface area contributed by atoms with E-state index >= 15 is 0 Å². The summed E-state index contributed by atoms with van der Waals surface area (Å²) >= 11 is 6.29. The number of hydrogen-bond donors (Lipinski definition) is 2. The Morgan fingerprint density at radius 3 is 2.76 bits per heavy atom. The number of fused-ring (bicyclic) bond motifs is 1. The average Bonchev–Trinajstić information content (AvgIpc) is 2.94. The third-order valence-electron chi connectivity index (χ3n) is 4.86. The predicted octanol–water partition coefficient (Wildman–Crippen LogP) is 3.81. The van der Waals surface area contributed by atoms with Crippen molar-refractivity contribution in [3.05, 3.63) is 35.0 Å². The van der Waals surface area contributed by atoms with Gasteiger partial charge in [-0.05, 0) is 30.9 Å². The van der Waals surface area contributed by atoms with Crippen LogP contribution in [0.1, 0.15) is 36.0 Å². The molecule has 25 heavy (non-hydrogen) atoms. The fourth-order valence-corrected chi connectivity index (χ4v) is 3.71. The van der Waals surface area contributed by atoms with Gasteiger partial charge in [-0.25, -0.2) is 8.78 Å². The van der Waals surface area contributed by atoms with Crippen LogP contribution in [0.3, 0.4) is 0 Å². The summed E-state index contributed by atoms with van der Waals surface area (Å²) in [6, 6.07) is 5.48. The maximum Gasteiger partial charge on any atom is 0.253 e. The highest BCUT2D eigenvalue weighted by atomic mass is 35.5. The van der Waals surface area contributed by atoms with Gasteiger partial charge in [0.2, 0.25) is 5.92 Å². The van der Waals surface area contributed by atoms with Gasteiger partial charge in [-0.15, -0.1) is 0 Å². The molecule has 2 aromatic rings. The van der Waals surface area contributed by atoms with Crippen molar-refractivity contribution < 1.29 is 13.6 Å². The predicted molar refractivity (Wildman–Crippen MR) is 95.2 cm³/mol. The smallest absolute Gasteiger partial charge is 0.253 e. The van der Waals surface area contributed by atoms with Gasteiger partial charge < -0.3 is 15.6 Å². The molecule has 0 radical (unpaired) electrons. The molecule has 3 rings (SSSR count). The van der Waals surface area contributed by atoms with Crippen LogP contribution in [0.5, 0.6) is 0 Å². The summed E-state index contributed by atoms with van der Waals surface area (Å²) in [6.45, 7) is 1.44. The number of amides is 1. The van der Waals surface area contributed by atoms with Crippen molar-refractivity contribution in [1.29, 1.82) is 0 Å². The third kappa shape index (κ3) is 3.96. The molecule has 0 bridgehead atoms. The maximum atomic E-state index is 13.2. The zero-order valence-corrected chi connectivity index (χ0v) is 14.7. The number of aromatic nitrogens is 1. The second-order valence-corrected chi connectivity index (χ2v) is 7.08. The van der Waals surface area contributed by atoms with Gasteiger partial charge in [0.15, 0.2) is 0 Å². The Morgan fingerprint density at radius 2 is 2.08 bits per heavy atom. The highest BCUT2D eigenvalue weighted by Gasteiger charge is 2.34. The molecule has 1 aliphatic rings. The molecule has 7 heteroatoms. The molecule has 136 valence electrons. The molecule has 4 nitrogen and oxygen atoms in total. The summed E-state index contributed by atoms with van der Waals surface area (Å²) < 4.78 is 28.4. The zero-order valence-electron chi connectivity index (χ0n) is 13.9. The van der Waals surface area contributed by atoms with Crippen LogP contribution in [0.15, 0.2) is 24.4 Å². The fourth-order valence-electron chi connectivity index (χ4n) is 3.44. The van der Waals surface area contributed by atoms with E-state index in [2.05, 4.69) is 5.32 Å². The minimum Gasteiger partial charge on any atom is -0.352 e. The quantitative estimate of drug-likeness (QED) is 0.841. The minimum atomic E-state index is -2.55. The number of hydrogen-bond acceptors (Lipinski definition) is 2. The van der Waals surface area contributed by atoms with Crippen molar-refractivity contribution in [3.8, 4) is 0 Å². The summed E-state index contributed by atoms with van der Waals surface area (Å²) in [5.41, 5.74) is 6.99. The number of benzene rings is 1. The van der Waals surface area contributed by atoms with Crippen molar-refractivity contribution in [3.63, 3.8) is 0 Å². The Hall–Kier alpha value is -1.66. The van der Waals surface area contributed by atoms with Crippen molar-refractivity contribution in [2.45, 2.75) is 38.2 Å². The first kappa shape index (κ1) is 18.1. The van der Waals surface area contributed by atoms with E-state index in [9.17, 15) is 13.6 Å². The third-order valence-corrected chi connectivity index (χ3v) is 5.17. The summed E-state index contributed by atoms with van der Waals surface area (Å²) in [6.07, 6.45) is 2.42. The summed E-state index contributed by atoms with van der Waals surface area (Å²) in [5.74, 6) is -2.69. The lowest BCUT2D eigenvalue weighted by Crippen LogP contribution is -2.33. The number of nitrogens with zero attached hydrogens (tertiary/aromatic N) is 1. The summed E-state index contributed by atoms with van der Waals surface area (Å²) in [4.78, 5) is 12.6. The number of alkyl halides is 2. The molecule has 0 aliphatic heterocycles. The minimum absolute atomic E-state index is 0.0939. The molecule has 1 saturated carbocycles. The van der Waals surface area contributed by atoms with Crippen molar-refractivity contribution in [2.75, 3.05) is 13.1 Å². The highest BCUT2D eigenvalue weighted by molar-refractivity contribution is 6.36. The van der Waals surface area contributed by atoms with Crippen LogP contribution >= 0.6 is 11.6 Å². The van der Waals surface area contributed by atoms with Gasteiger partial charge in [-0.3, -0.25) is 4.79 Å². The number of nitrogens with two attached hydrogens (primary N) is 1. The fraction of sp³-hybridized carbons (Fsp3) is 0.500. The van der Waals surface area contributed by atoms with E-state index in [1.165, 1.54) is 0 Å². The van der Waals surface area contributed by atoms with Gasteiger partial charge in [0.05, 0.1) is 16.1 Å². The maximum absolute atomic E-state index is 13.2. The SMILES string of the molecule is NCCn1cc(C(=O)NCC2CCC(F)(F)CC2)c2c(Cl)cccc21. The molecule has 3 N–H and O–H groups in total. The summed E-state index contributed by atoms with van der Waals surface area (Å²) in [7, 11) is 0. The largest absolute Gasteiger partial charge is 0.352 e. The monoisotopic (exact) mass is 369 g/mol. The number of rotatable bonds is 5. The Bertz CT molecular complexity index is 765. The first-order chi connectivity index (χ1) is 11.9. The lowest BCUT2D eigenvalue weighted by atomic mass is 9.87. The molecule has 0 atom stereocenters. The number of carbonyl (C=O) groups excluding carboxylic acids is 1. The second kappa shape index (κ2) is 7.30. The van der Waals surface area contributed by atoms with E-state index in [-0.39, 0.29) is 24.7 Å². The molecule has 0 saturated heterocycles. The van der Waals surface area contributed by atoms with E-state index in [0.717, 1.165) is 5.52 Å². The molecular formula is C18H22ClF2N3O. The van der Waals surface area contributed by atoms with Crippen LogP contribution in [0, 0.1) is 5.92 Å². The van der Waals surface area contributed by atoms with E-state index in [0.29, 0.717) is 48.4 Å². The molecule has 1 amide bonds. The molecule has 1 aromatic heterocycles. The molecule has 0 unspecified atom stereocenters. The molecular weight excluding hydrogens is 348 g/mol. The lowest BCUT2D eigenvalue weighted by Gasteiger charge is -2.28. The first-order valence-electron chi connectivity index (χ1n) is 8.55. The molecule has 1 fully saturated rings. The van der Waals surface area contributed by atoms with Crippen molar-refractivity contribution >= 4 is 28.4 Å². The van der Waals surface area contributed by atoms with Crippen LogP contribution in [-0.4, -0.2) is 29.5 Å². The molecule has 1 aliphatic carbocycles. The molecule has 1 aromatic carbocycles. The van der Waals surface area contributed by atoms with Gasteiger partial charge in [0.1, 0.15) is 0 Å². The van der Waals surface area contributed by atoms with E-state index < -0.39 is 5.92 Å². The Balaban J connectivity index is 1.74. The Kier molecular flexibility index (Phi) is 5.29.